The van der Waals surface area contributed by atoms with Gasteiger partial charge in [-0.15, -0.1) is 0 Å². The molecule has 1 aromatic rings. The molecule has 1 N–H and O–H groups in total. The summed E-state index contributed by atoms with van der Waals surface area (Å²) in [6.45, 7) is 2.92. The number of aliphatic hydroxyl groups is 1. The van der Waals surface area contributed by atoms with Crippen LogP contribution in [0.15, 0.2) is 22.7 Å². The number of hydrogen-bond donors (Lipinski definition) is 1. The topological polar surface area (TPSA) is 54.4 Å². The molecule has 1 atom stereocenters. The van der Waals surface area contributed by atoms with Gasteiger partial charge in [0.15, 0.2) is 9.84 Å². The van der Waals surface area contributed by atoms with Crippen molar-refractivity contribution in [1.29, 1.82) is 0 Å². The first-order valence-corrected chi connectivity index (χ1v) is 8.05. The molecule has 0 amide bonds. The van der Waals surface area contributed by atoms with Crippen LogP contribution in [-0.4, -0.2) is 30.6 Å². The van der Waals surface area contributed by atoms with Crippen LogP contribution < -0.4 is 0 Å². The molecule has 1 unspecified atom stereocenters. The van der Waals surface area contributed by atoms with Crippen LogP contribution in [0.4, 0.5) is 4.39 Å². The van der Waals surface area contributed by atoms with Crippen LogP contribution in [0.25, 0.3) is 0 Å². The number of hydrogen-bond acceptors (Lipinski definition) is 3. The molecule has 0 fully saturated rings. The van der Waals surface area contributed by atoms with Crippen LogP contribution in [0.2, 0.25) is 0 Å². The Labute approximate surface area is 115 Å². The van der Waals surface area contributed by atoms with Crippen molar-refractivity contribution >= 4 is 25.8 Å². The second-order valence-corrected chi connectivity index (χ2v) is 8.39. The Morgan fingerprint density at radius 2 is 1.94 bits per heavy atom. The first-order chi connectivity index (χ1) is 8.04. The Morgan fingerprint density at radius 3 is 2.39 bits per heavy atom. The highest BCUT2D eigenvalue weighted by Gasteiger charge is 2.37. The highest BCUT2D eigenvalue weighted by molar-refractivity contribution is 9.10. The quantitative estimate of drug-likeness (QED) is 0.916. The molecule has 0 radical (unpaired) electrons. The molecule has 0 saturated heterocycles. The Bertz CT molecular complexity index is 520. The number of halogens is 2. The van der Waals surface area contributed by atoms with Crippen LogP contribution in [0.1, 0.15) is 19.4 Å². The lowest BCUT2D eigenvalue weighted by Gasteiger charge is -2.28. The van der Waals surface area contributed by atoms with Gasteiger partial charge in [-0.2, -0.15) is 0 Å². The molecule has 18 heavy (non-hydrogen) atoms. The smallest absolute Gasteiger partial charge is 0.155 e. The molecule has 0 aliphatic heterocycles. The van der Waals surface area contributed by atoms with Crippen LogP contribution >= 0.6 is 15.9 Å². The monoisotopic (exact) mass is 338 g/mol. The zero-order chi connectivity index (χ0) is 14.1. The normalized spacial score (nSPS) is 14.6. The first-order valence-electron chi connectivity index (χ1n) is 5.36. The van der Waals surface area contributed by atoms with Crippen molar-refractivity contribution in [1.82, 2.24) is 0 Å². The van der Waals surface area contributed by atoms with Gasteiger partial charge >= 0.3 is 0 Å². The molecule has 0 heterocycles. The lowest BCUT2D eigenvalue weighted by Crippen LogP contribution is -2.44. The second-order valence-electron chi connectivity index (χ2n) is 4.87. The van der Waals surface area contributed by atoms with Crippen molar-refractivity contribution in [3.05, 3.63) is 34.1 Å². The molecule has 1 aromatic carbocycles. The van der Waals surface area contributed by atoms with Crippen molar-refractivity contribution in [2.45, 2.75) is 31.1 Å². The number of rotatable bonds is 4. The van der Waals surface area contributed by atoms with Crippen LogP contribution in [0, 0.1) is 5.82 Å². The molecule has 0 aromatic heterocycles. The van der Waals surface area contributed by atoms with Gasteiger partial charge in [-0.25, -0.2) is 12.8 Å². The summed E-state index contributed by atoms with van der Waals surface area (Å²) in [5, 5.41) is 10.0. The van der Waals surface area contributed by atoms with E-state index in [1.807, 2.05) is 0 Å². The average molecular weight is 339 g/mol. The van der Waals surface area contributed by atoms with E-state index in [0.29, 0.717) is 10.0 Å². The standard InChI is InChI=1S/C12H16BrFO3S/c1-12(2,18(3,16)17)11(15)6-8-4-9(13)7-10(14)5-8/h4-5,7,11,15H,6H2,1-3H3. The minimum atomic E-state index is -3.40. The molecule has 1 rings (SSSR count). The predicted octanol–water partition coefficient (Wildman–Crippen LogP) is 2.31. The van der Waals surface area contributed by atoms with Crippen LogP contribution in [0.5, 0.6) is 0 Å². The number of sulfone groups is 1. The zero-order valence-corrected chi connectivity index (χ0v) is 12.8. The fourth-order valence-electron chi connectivity index (χ4n) is 1.44. The number of benzene rings is 1. The van der Waals surface area contributed by atoms with Gasteiger partial charge in [0, 0.05) is 17.1 Å². The largest absolute Gasteiger partial charge is 0.391 e. The molecule has 0 aliphatic rings. The maximum atomic E-state index is 13.2. The van der Waals surface area contributed by atoms with Gasteiger partial charge in [-0.1, -0.05) is 15.9 Å². The lowest BCUT2D eigenvalue weighted by molar-refractivity contribution is 0.138. The Morgan fingerprint density at radius 1 is 1.39 bits per heavy atom. The average Bonchev–Trinajstić information content (AvgIpc) is 2.13. The van der Waals surface area contributed by atoms with Gasteiger partial charge in [0.05, 0.1) is 10.9 Å². The molecular weight excluding hydrogens is 323 g/mol. The third kappa shape index (κ3) is 3.52. The zero-order valence-electron chi connectivity index (χ0n) is 10.4. The van der Waals surface area contributed by atoms with Gasteiger partial charge < -0.3 is 5.11 Å². The molecular formula is C12H16BrFO3S. The van der Waals surface area contributed by atoms with Crippen LogP contribution in [-0.2, 0) is 16.3 Å². The van der Waals surface area contributed by atoms with E-state index in [-0.39, 0.29) is 6.42 Å². The molecule has 3 nitrogen and oxygen atoms in total. The molecule has 0 saturated carbocycles. The third-order valence-electron chi connectivity index (χ3n) is 3.11. The van der Waals surface area contributed by atoms with E-state index in [0.717, 1.165) is 6.26 Å². The fraction of sp³-hybridized carbons (Fsp3) is 0.500. The summed E-state index contributed by atoms with van der Waals surface area (Å²) < 4.78 is 35.6. The second kappa shape index (κ2) is 5.27. The summed E-state index contributed by atoms with van der Waals surface area (Å²) in [6.07, 6.45) is 0.0647. The van der Waals surface area contributed by atoms with Crippen molar-refractivity contribution < 1.29 is 17.9 Å². The highest BCUT2D eigenvalue weighted by Crippen LogP contribution is 2.24. The van der Waals surface area contributed by atoms with Gasteiger partial charge in [0.1, 0.15) is 5.82 Å². The van der Waals surface area contributed by atoms with Crippen molar-refractivity contribution in [2.75, 3.05) is 6.26 Å². The minimum Gasteiger partial charge on any atom is -0.391 e. The Hall–Kier alpha value is -0.460. The van der Waals surface area contributed by atoms with E-state index in [9.17, 15) is 17.9 Å². The maximum absolute atomic E-state index is 13.2. The summed E-state index contributed by atoms with van der Waals surface area (Å²) in [4.78, 5) is 0. The SMILES string of the molecule is CC(C)(C(O)Cc1cc(F)cc(Br)c1)S(C)(=O)=O. The van der Waals surface area contributed by atoms with E-state index in [2.05, 4.69) is 15.9 Å². The molecule has 102 valence electrons. The van der Waals surface area contributed by atoms with E-state index < -0.39 is 26.5 Å². The van der Waals surface area contributed by atoms with Gasteiger partial charge in [0.2, 0.25) is 0 Å². The van der Waals surface area contributed by atoms with E-state index in [4.69, 9.17) is 0 Å². The van der Waals surface area contributed by atoms with Gasteiger partial charge in [0.25, 0.3) is 0 Å². The summed E-state index contributed by atoms with van der Waals surface area (Å²) in [5.41, 5.74) is 0.547. The summed E-state index contributed by atoms with van der Waals surface area (Å²) >= 11 is 3.15. The lowest BCUT2D eigenvalue weighted by atomic mass is 9.98. The van der Waals surface area contributed by atoms with Crippen molar-refractivity contribution in [3.8, 4) is 0 Å². The minimum absolute atomic E-state index is 0.0798. The fourth-order valence-corrected chi connectivity index (χ4v) is 2.54. The predicted molar refractivity (Wildman–Crippen MR) is 72.7 cm³/mol. The van der Waals surface area contributed by atoms with Crippen molar-refractivity contribution in [2.24, 2.45) is 0 Å². The van der Waals surface area contributed by atoms with Crippen LogP contribution in [0.3, 0.4) is 0 Å². The Kier molecular flexibility index (Phi) is 4.56. The third-order valence-corrected chi connectivity index (χ3v) is 5.75. The molecule has 0 spiro atoms. The first kappa shape index (κ1) is 15.6. The summed E-state index contributed by atoms with van der Waals surface area (Å²) in [6, 6.07) is 4.24. The molecule has 6 heteroatoms. The maximum Gasteiger partial charge on any atom is 0.155 e. The van der Waals surface area contributed by atoms with E-state index in [1.54, 1.807) is 6.07 Å². The van der Waals surface area contributed by atoms with E-state index in [1.165, 1.54) is 26.0 Å². The van der Waals surface area contributed by atoms with Gasteiger partial charge in [-0.05, 0) is 37.6 Å². The molecule has 0 aliphatic carbocycles. The Balaban J connectivity index is 2.98. The van der Waals surface area contributed by atoms with Crippen molar-refractivity contribution in [3.63, 3.8) is 0 Å². The number of aliphatic hydroxyl groups excluding tert-OH is 1. The molecule has 0 bridgehead atoms. The van der Waals surface area contributed by atoms with E-state index >= 15 is 0 Å². The summed E-state index contributed by atoms with van der Waals surface area (Å²) in [5.74, 6) is -0.427. The van der Waals surface area contributed by atoms with Gasteiger partial charge in [-0.3, -0.25) is 0 Å². The highest BCUT2D eigenvalue weighted by atomic mass is 79.9. The summed E-state index contributed by atoms with van der Waals surface area (Å²) in [7, 11) is -3.40.